The molecule has 1 aliphatic heterocycles. The molecular formula is C18H31ClN2O3. The quantitative estimate of drug-likeness (QED) is 0.741. The summed E-state index contributed by atoms with van der Waals surface area (Å²) in [6.07, 6.45) is 9.46. The fourth-order valence-corrected chi connectivity index (χ4v) is 4.61. The van der Waals surface area contributed by atoms with E-state index in [9.17, 15) is 9.59 Å². The molecule has 0 radical (unpaired) electrons. The zero-order valence-electron chi connectivity index (χ0n) is 14.6. The van der Waals surface area contributed by atoms with Crippen LogP contribution in [0.25, 0.3) is 0 Å². The van der Waals surface area contributed by atoms with Gasteiger partial charge in [0.1, 0.15) is 0 Å². The highest BCUT2D eigenvalue weighted by molar-refractivity contribution is 5.85. The van der Waals surface area contributed by atoms with E-state index in [1.165, 1.54) is 26.4 Å². The lowest BCUT2D eigenvalue weighted by atomic mass is 9.82. The van der Waals surface area contributed by atoms with E-state index in [0.717, 1.165) is 45.2 Å². The van der Waals surface area contributed by atoms with Crippen molar-refractivity contribution in [3.63, 3.8) is 0 Å². The second kappa shape index (κ2) is 8.52. The minimum Gasteiger partial charge on any atom is -0.469 e. The topological polar surface area (TPSA) is 67.4 Å². The summed E-state index contributed by atoms with van der Waals surface area (Å²) in [6.45, 7) is 2.05. The number of ether oxygens (including phenoxy) is 1. The van der Waals surface area contributed by atoms with E-state index in [1.807, 2.05) is 0 Å². The van der Waals surface area contributed by atoms with Crippen LogP contribution in [-0.4, -0.2) is 38.1 Å². The third kappa shape index (κ3) is 4.42. The van der Waals surface area contributed by atoms with Gasteiger partial charge in [-0.3, -0.25) is 9.59 Å². The zero-order valence-corrected chi connectivity index (χ0v) is 15.5. The molecule has 0 aromatic rings. The average Bonchev–Trinajstić information content (AvgIpc) is 3.28. The molecule has 5 nitrogen and oxygen atoms in total. The first kappa shape index (κ1) is 19.5. The number of hydrogen-bond acceptors (Lipinski definition) is 4. The molecule has 1 heterocycles. The lowest BCUT2D eigenvalue weighted by Crippen LogP contribution is -2.44. The molecule has 138 valence electrons. The van der Waals surface area contributed by atoms with Crippen molar-refractivity contribution in [3.8, 4) is 0 Å². The van der Waals surface area contributed by atoms with Crippen molar-refractivity contribution < 1.29 is 14.3 Å². The Morgan fingerprint density at radius 1 is 1.21 bits per heavy atom. The molecule has 0 aromatic carbocycles. The molecule has 2 atom stereocenters. The Morgan fingerprint density at radius 2 is 1.88 bits per heavy atom. The predicted octanol–water partition coefficient (Wildman–Crippen LogP) is 2.43. The number of carbonyl (C=O) groups is 2. The van der Waals surface area contributed by atoms with Gasteiger partial charge in [-0.05, 0) is 56.5 Å². The number of rotatable bonds is 5. The van der Waals surface area contributed by atoms with Gasteiger partial charge in [-0.15, -0.1) is 12.4 Å². The number of amides is 1. The molecule has 2 saturated carbocycles. The normalized spacial score (nSPS) is 27.0. The molecule has 1 amide bonds. The number of halogens is 1. The van der Waals surface area contributed by atoms with E-state index in [1.54, 1.807) is 0 Å². The van der Waals surface area contributed by atoms with Crippen LogP contribution in [0.5, 0.6) is 0 Å². The maximum absolute atomic E-state index is 12.7. The molecule has 2 N–H and O–H groups in total. The van der Waals surface area contributed by atoms with Crippen molar-refractivity contribution in [2.75, 3.05) is 20.2 Å². The van der Waals surface area contributed by atoms with Crippen LogP contribution in [0.1, 0.15) is 57.8 Å². The number of hydrogen-bond donors (Lipinski definition) is 2. The lowest BCUT2D eigenvalue weighted by Gasteiger charge is -2.31. The van der Waals surface area contributed by atoms with E-state index in [2.05, 4.69) is 10.6 Å². The highest BCUT2D eigenvalue weighted by Crippen LogP contribution is 2.58. The van der Waals surface area contributed by atoms with Gasteiger partial charge in [-0.1, -0.05) is 19.3 Å². The van der Waals surface area contributed by atoms with Crippen molar-refractivity contribution in [2.24, 2.45) is 17.3 Å². The molecule has 1 spiro atoms. The number of methoxy groups -OCH3 is 1. The van der Waals surface area contributed by atoms with Gasteiger partial charge in [-0.2, -0.15) is 0 Å². The minimum absolute atomic E-state index is 0. The zero-order chi connectivity index (χ0) is 16.3. The van der Waals surface area contributed by atoms with Crippen molar-refractivity contribution in [1.82, 2.24) is 10.6 Å². The fourth-order valence-electron chi connectivity index (χ4n) is 4.61. The number of carbonyl (C=O) groups excluding carboxylic acids is 2. The van der Waals surface area contributed by atoms with Gasteiger partial charge in [0.15, 0.2) is 0 Å². The smallest absolute Gasteiger partial charge is 0.307 e. The van der Waals surface area contributed by atoms with Crippen molar-refractivity contribution >= 4 is 24.3 Å². The second-order valence-corrected chi connectivity index (χ2v) is 7.66. The largest absolute Gasteiger partial charge is 0.469 e. The van der Waals surface area contributed by atoms with E-state index in [-0.39, 0.29) is 41.7 Å². The van der Waals surface area contributed by atoms with Crippen LogP contribution in [0, 0.1) is 17.3 Å². The van der Waals surface area contributed by atoms with Crippen molar-refractivity contribution in [3.05, 3.63) is 0 Å². The van der Waals surface area contributed by atoms with Gasteiger partial charge in [0.25, 0.3) is 0 Å². The average molecular weight is 359 g/mol. The fraction of sp³-hybridized carbons (Fsp3) is 0.889. The van der Waals surface area contributed by atoms with Crippen LogP contribution in [0.3, 0.4) is 0 Å². The summed E-state index contributed by atoms with van der Waals surface area (Å²) in [6, 6.07) is -0.0467. The third-order valence-electron chi connectivity index (χ3n) is 6.27. The first-order chi connectivity index (χ1) is 11.1. The Hall–Kier alpha value is -0.810. The standard InChI is InChI=1S/C18H30N2O3.ClH/c1-23-16(21)11-15(13-5-3-2-4-6-13)20-17(22)14-12-18(14)7-9-19-10-8-18;/h13-15,19H,2-12H2,1H3,(H,20,22);1H. The van der Waals surface area contributed by atoms with Crippen LogP contribution in [0.2, 0.25) is 0 Å². The van der Waals surface area contributed by atoms with E-state index in [4.69, 9.17) is 4.74 Å². The maximum atomic E-state index is 12.7. The molecular weight excluding hydrogens is 328 g/mol. The van der Waals surface area contributed by atoms with Crippen LogP contribution in [-0.2, 0) is 14.3 Å². The van der Waals surface area contributed by atoms with E-state index in [0.29, 0.717) is 12.3 Å². The summed E-state index contributed by atoms with van der Waals surface area (Å²) in [7, 11) is 1.42. The molecule has 3 rings (SSSR count). The minimum atomic E-state index is -0.215. The highest BCUT2D eigenvalue weighted by Gasteiger charge is 2.57. The van der Waals surface area contributed by atoms with Gasteiger partial charge in [-0.25, -0.2) is 0 Å². The lowest BCUT2D eigenvalue weighted by molar-refractivity contribution is -0.141. The van der Waals surface area contributed by atoms with Crippen LogP contribution < -0.4 is 10.6 Å². The maximum Gasteiger partial charge on any atom is 0.307 e. The van der Waals surface area contributed by atoms with Crippen LogP contribution in [0.15, 0.2) is 0 Å². The summed E-state index contributed by atoms with van der Waals surface area (Å²) in [5, 5.41) is 6.60. The summed E-state index contributed by atoms with van der Waals surface area (Å²) in [4.78, 5) is 24.5. The Balaban J connectivity index is 0.00000208. The molecule has 0 bridgehead atoms. The predicted molar refractivity (Wildman–Crippen MR) is 95.0 cm³/mol. The molecule has 24 heavy (non-hydrogen) atoms. The van der Waals surface area contributed by atoms with Gasteiger partial charge in [0, 0.05) is 12.0 Å². The van der Waals surface area contributed by atoms with Gasteiger partial charge in [0.05, 0.1) is 13.5 Å². The summed E-state index contributed by atoms with van der Waals surface area (Å²) in [5.74, 6) is 0.544. The summed E-state index contributed by atoms with van der Waals surface area (Å²) < 4.78 is 4.84. The van der Waals surface area contributed by atoms with Crippen molar-refractivity contribution in [2.45, 2.75) is 63.8 Å². The summed E-state index contributed by atoms with van der Waals surface area (Å²) >= 11 is 0. The first-order valence-corrected chi connectivity index (χ1v) is 9.22. The molecule has 0 aromatic heterocycles. The number of piperidine rings is 1. The molecule has 1 saturated heterocycles. The molecule has 2 unspecified atom stereocenters. The van der Waals surface area contributed by atoms with Crippen LogP contribution >= 0.6 is 12.4 Å². The SMILES string of the molecule is COC(=O)CC(NC(=O)C1CC12CCNCC2)C1CCCCC1.Cl. The third-order valence-corrected chi connectivity index (χ3v) is 6.27. The second-order valence-electron chi connectivity index (χ2n) is 7.66. The monoisotopic (exact) mass is 358 g/mol. The Labute approximate surface area is 151 Å². The summed E-state index contributed by atoms with van der Waals surface area (Å²) in [5.41, 5.74) is 0.248. The van der Waals surface area contributed by atoms with E-state index >= 15 is 0 Å². The number of nitrogens with one attached hydrogen (secondary N) is 2. The van der Waals surface area contributed by atoms with Gasteiger partial charge >= 0.3 is 5.97 Å². The molecule has 6 heteroatoms. The molecule has 2 aliphatic carbocycles. The Morgan fingerprint density at radius 3 is 2.50 bits per heavy atom. The number of esters is 1. The van der Waals surface area contributed by atoms with Crippen LogP contribution in [0.4, 0.5) is 0 Å². The first-order valence-electron chi connectivity index (χ1n) is 9.22. The molecule has 3 aliphatic rings. The van der Waals surface area contributed by atoms with Gasteiger partial charge in [0.2, 0.25) is 5.91 Å². The Bertz CT molecular complexity index is 446. The Kier molecular flexibility index (Phi) is 6.93. The van der Waals surface area contributed by atoms with E-state index < -0.39 is 0 Å². The highest BCUT2D eigenvalue weighted by atomic mass is 35.5. The van der Waals surface area contributed by atoms with Crippen molar-refractivity contribution in [1.29, 1.82) is 0 Å². The van der Waals surface area contributed by atoms with Gasteiger partial charge < -0.3 is 15.4 Å². The molecule has 3 fully saturated rings.